The number of oxazole rings is 1. The molecule has 182 valence electrons. The Morgan fingerprint density at radius 2 is 1.40 bits per heavy atom. The Balaban J connectivity index is 0.000000204. The van der Waals surface area contributed by atoms with Crippen LogP contribution in [-0.2, 0) is 0 Å². The van der Waals surface area contributed by atoms with E-state index in [4.69, 9.17) is 0 Å². The highest BCUT2D eigenvalue weighted by molar-refractivity contribution is 7.07. The summed E-state index contributed by atoms with van der Waals surface area (Å²) in [6, 6.07) is 15.1. The van der Waals surface area contributed by atoms with Gasteiger partial charge in [-0.15, -0.1) is 0 Å². The number of aromatic nitrogens is 7. The molecule has 0 spiro atoms. The van der Waals surface area contributed by atoms with E-state index in [9.17, 15) is 0 Å². The second-order valence-corrected chi connectivity index (χ2v) is 6.18. The van der Waals surface area contributed by atoms with Gasteiger partial charge in [-0.05, 0) is 47.2 Å². The van der Waals surface area contributed by atoms with Crippen LogP contribution in [-0.4, -0.2) is 35.3 Å². The van der Waals surface area contributed by atoms with Crippen LogP contribution in [0.15, 0.2) is 160 Å². The Hall–Kier alpha value is -4.90. The van der Waals surface area contributed by atoms with Gasteiger partial charge in [-0.3, -0.25) is 5.10 Å². The molecule has 0 bridgehead atoms. The van der Waals surface area contributed by atoms with Crippen molar-refractivity contribution in [3.8, 4) is 0 Å². The van der Waals surface area contributed by atoms with Gasteiger partial charge in [-0.2, -0.15) is 16.4 Å². The first-order valence-electron chi connectivity index (χ1n) is 10.0. The Bertz CT molecular complexity index is 699. The molecule has 35 heavy (non-hydrogen) atoms. The SMILES string of the molecule is c1c[nH]cn1.c1cc[nH]c1.c1ccoc1.c1ccsc1.c1cn[nH]c1.c1cnoc1.c1cocn1. The largest absolute Gasteiger partial charge is 0.473 e. The van der Waals surface area contributed by atoms with E-state index in [1.54, 1.807) is 73.4 Å². The Morgan fingerprint density at radius 1 is 0.571 bits per heavy atom. The number of rotatable bonds is 0. The van der Waals surface area contributed by atoms with Crippen LogP contribution in [0.5, 0.6) is 0 Å². The van der Waals surface area contributed by atoms with E-state index in [-0.39, 0.29) is 0 Å². The fourth-order valence-electron chi connectivity index (χ4n) is 1.51. The van der Waals surface area contributed by atoms with Crippen LogP contribution in [0.3, 0.4) is 0 Å². The van der Waals surface area contributed by atoms with E-state index in [2.05, 4.69) is 48.6 Å². The molecule has 0 saturated heterocycles. The summed E-state index contributed by atoms with van der Waals surface area (Å²) in [6.07, 6.45) is 23.1. The summed E-state index contributed by atoms with van der Waals surface area (Å²) >= 11 is 1.71. The Labute approximate surface area is 206 Å². The third-order valence-corrected chi connectivity index (χ3v) is 3.48. The van der Waals surface area contributed by atoms with Crippen LogP contribution in [0.4, 0.5) is 0 Å². The van der Waals surface area contributed by atoms with Gasteiger partial charge in [0.05, 0.1) is 31.2 Å². The van der Waals surface area contributed by atoms with Crippen molar-refractivity contribution in [2.45, 2.75) is 0 Å². The first kappa shape index (κ1) is 28.1. The molecule has 7 aromatic heterocycles. The number of H-pyrrole nitrogens is 3. The number of thiophene rings is 1. The van der Waals surface area contributed by atoms with E-state index in [0.29, 0.717) is 0 Å². The minimum Gasteiger partial charge on any atom is -0.473 e. The third-order valence-electron chi connectivity index (χ3n) is 2.85. The molecule has 7 aromatic rings. The van der Waals surface area contributed by atoms with Crippen LogP contribution >= 0.6 is 11.3 Å². The minimum absolute atomic E-state index is 1.38. The highest BCUT2D eigenvalue weighted by atomic mass is 32.1. The number of furan rings is 1. The predicted molar refractivity (Wildman–Crippen MR) is 134 cm³/mol. The molecule has 0 fully saturated rings. The fourth-order valence-corrected chi connectivity index (χ4v) is 1.97. The molecule has 0 unspecified atom stereocenters. The van der Waals surface area contributed by atoms with Crippen molar-refractivity contribution in [1.29, 1.82) is 0 Å². The van der Waals surface area contributed by atoms with Crippen LogP contribution in [0.25, 0.3) is 0 Å². The molecule has 0 aliphatic carbocycles. The van der Waals surface area contributed by atoms with Crippen LogP contribution in [0, 0.1) is 0 Å². The molecule has 3 N–H and O–H groups in total. The molecule has 11 heteroatoms. The quantitative estimate of drug-likeness (QED) is 0.228. The van der Waals surface area contributed by atoms with Crippen molar-refractivity contribution in [2.24, 2.45) is 0 Å². The lowest BCUT2D eigenvalue weighted by Crippen LogP contribution is -1.53. The number of aromatic amines is 3. The van der Waals surface area contributed by atoms with E-state index >= 15 is 0 Å². The van der Waals surface area contributed by atoms with E-state index in [0.717, 1.165) is 0 Å². The third kappa shape index (κ3) is 23.6. The van der Waals surface area contributed by atoms with Gasteiger partial charge in [0.2, 0.25) is 0 Å². The van der Waals surface area contributed by atoms with Gasteiger partial charge in [0.1, 0.15) is 12.5 Å². The summed E-state index contributed by atoms with van der Waals surface area (Å²) in [6.45, 7) is 0. The number of hydrogen-bond donors (Lipinski definition) is 3. The van der Waals surface area contributed by atoms with Gasteiger partial charge in [0.25, 0.3) is 0 Å². The fraction of sp³-hybridized carbons (Fsp3) is 0. The minimum atomic E-state index is 1.38. The first-order chi connectivity index (χ1) is 17.5. The molecule has 7 rings (SSSR count). The standard InChI is InChI=1S/C4H5N.C4H4O.C4H4S.2C3H4N2.2C3H3NO/c3*1-2-4-5-3-1;1-2-5-3-4-1;1-2-4-5-3-1;1-2-5-3-4-1;1-2-4-5-3-1/h1-5H;2*1-4H;2*1-3H,(H,4,5);2*1-3H. The van der Waals surface area contributed by atoms with E-state index in [1.165, 1.54) is 18.9 Å². The molecular weight excluding hydrogens is 466 g/mol. The van der Waals surface area contributed by atoms with Crippen molar-refractivity contribution in [2.75, 3.05) is 0 Å². The monoisotopic (exact) mass is 493 g/mol. The smallest absolute Gasteiger partial charge is 0.180 e. The maximum absolute atomic E-state index is 4.58. The average Bonchev–Trinajstić information content (AvgIpc) is 3.81. The summed E-state index contributed by atoms with van der Waals surface area (Å²) in [4.78, 5) is 12.8. The van der Waals surface area contributed by atoms with Crippen LogP contribution < -0.4 is 0 Å². The van der Waals surface area contributed by atoms with Crippen LogP contribution in [0.2, 0.25) is 0 Å². The summed E-state index contributed by atoms with van der Waals surface area (Å²) < 4.78 is 13.4. The zero-order valence-corrected chi connectivity index (χ0v) is 19.6. The first-order valence-corrected chi connectivity index (χ1v) is 11.0. The molecule has 0 radical (unpaired) electrons. The van der Waals surface area contributed by atoms with Crippen molar-refractivity contribution < 1.29 is 13.4 Å². The van der Waals surface area contributed by atoms with Crippen LogP contribution in [0.1, 0.15) is 0 Å². The zero-order valence-electron chi connectivity index (χ0n) is 18.8. The lowest BCUT2D eigenvalue weighted by molar-refractivity contribution is 0.420. The van der Waals surface area contributed by atoms with E-state index < -0.39 is 0 Å². The summed E-state index contributed by atoms with van der Waals surface area (Å²) in [5.41, 5.74) is 0. The summed E-state index contributed by atoms with van der Waals surface area (Å²) in [5, 5.41) is 13.6. The molecule has 10 nitrogen and oxygen atoms in total. The van der Waals surface area contributed by atoms with E-state index in [1.807, 2.05) is 65.6 Å². The van der Waals surface area contributed by atoms with Crippen molar-refractivity contribution in [1.82, 2.24) is 35.3 Å². The maximum atomic E-state index is 4.58. The second kappa shape index (κ2) is 25.4. The van der Waals surface area contributed by atoms with Gasteiger partial charge in [0, 0.05) is 37.2 Å². The average molecular weight is 494 g/mol. The highest BCUT2D eigenvalue weighted by Crippen LogP contribution is 1.91. The lowest BCUT2D eigenvalue weighted by Gasteiger charge is -1.50. The number of nitrogens with one attached hydrogen (secondary N) is 3. The Kier molecular flexibility index (Phi) is 20.4. The molecule has 0 aromatic carbocycles. The maximum Gasteiger partial charge on any atom is 0.180 e. The summed E-state index contributed by atoms with van der Waals surface area (Å²) in [5.74, 6) is 0. The number of nitrogens with zero attached hydrogens (tertiary/aromatic N) is 4. The molecule has 0 amide bonds. The zero-order chi connectivity index (χ0) is 24.7. The van der Waals surface area contributed by atoms with Gasteiger partial charge in [-0.25, -0.2) is 9.97 Å². The summed E-state index contributed by atoms with van der Waals surface area (Å²) in [7, 11) is 0. The number of imidazole rings is 1. The molecule has 0 atom stereocenters. The molecule has 0 aliphatic rings. The van der Waals surface area contributed by atoms with Gasteiger partial charge < -0.3 is 23.3 Å². The predicted octanol–water partition coefficient (Wildman–Crippen LogP) is 6.21. The van der Waals surface area contributed by atoms with Crippen molar-refractivity contribution in [3.05, 3.63) is 147 Å². The van der Waals surface area contributed by atoms with Gasteiger partial charge in [0.15, 0.2) is 6.39 Å². The molecule has 0 aliphatic heterocycles. The highest BCUT2D eigenvalue weighted by Gasteiger charge is 1.61. The lowest BCUT2D eigenvalue weighted by atomic mass is 10.7. The molecule has 0 saturated carbocycles. The Morgan fingerprint density at radius 3 is 1.60 bits per heavy atom. The normalized spacial score (nSPS) is 8.00. The second-order valence-electron chi connectivity index (χ2n) is 5.36. The van der Waals surface area contributed by atoms with Gasteiger partial charge in [-0.1, -0.05) is 17.3 Å². The van der Waals surface area contributed by atoms with Crippen molar-refractivity contribution >= 4 is 11.3 Å². The molecule has 7 heterocycles. The van der Waals surface area contributed by atoms with Gasteiger partial charge >= 0.3 is 0 Å². The topological polar surface area (TPSA) is 138 Å². The van der Waals surface area contributed by atoms with Crippen molar-refractivity contribution in [3.63, 3.8) is 0 Å². The molecular formula is C24H27N7O3S. The number of hydrogen-bond acceptors (Lipinski definition) is 8.